The van der Waals surface area contributed by atoms with Crippen LogP contribution in [0.2, 0.25) is 0 Å². The maximum Gasteiger partial charge on any atom is 0.321 e. The molecule has 0 aliphatic rings. The molecule has 0 aromatic heterocycles. The normalized spacial score (nSPS) is 12.1. The standard InChI is InChI=1S/C35H47N3O3/c1-6-7-8-9-10-22-36-34(41)38(5)31-13-11-12-29(24-31)28-18-14-26(15-19-28)23-32(33(39)40)37-25-27-16-20-30(21-17-27)35(2,3)4/h11-21,24,32,37H,6-10,22-23,25H2,1-5H3,(H,36,41)(H,39,40)/t32-/m0/s1. The van der Waals surface area contributed by atoms with Crippen molar-refractivity contribution < 1.29 is 14.7 Å². The highest BCUT2D eigenvalue weighted by Gasteiger charge is 2.18. The minimum atomic E-state index is -0.865. The molecule has 0 aliphatic carbocycles. The molecule has 6 nitrogen and oxygen atoms in total. The van der Waals surface area contributed by atoms with Crippen LogP contribution < -0.4 is 15.5 Å². The van der Waals surface area contributed by atoms with Crippen molar-refractivity contribution in [3.05, 3.63) is 89.5 Å². The third kappa shape index (κ3) is 10.0. The summed E-state index contributed by atoms with van der Waals surface area (Å²) >= 11 is 0. The van der Waals surface area contributed by atoms with Crippen molar-refractivity contribution in [1.29, 1.82) is 0 Å². The number of urea groups is 1. The molecule has 0 fully saturated rings. The largest absolute Gasteiger partial charge is 0.480 e. The van der Waals surface area contributed by atoms with E-state index >= 15 is 0 Å². The molecule has 3 N–H and O–H groups in total. The van der Waals surface area contributed by atoms with Crippen molar-refractivity contribution >= 4 is 17.7 Å². The molecular weight excluding hydrogens is 510 g/mol. The lowest BCUT2D eigenvalue weighted by Crippen LogP contribution is -2.38. The second-order valence-electron chi connectivity index (χ2n) is 11.9. The summed E-state index contributed by atoms with van der Waals surface area (Å²) in [5.74, 6) is -0.865. The Morgan fingerprint density at radius 1 is 0.854 bits per heavy atom. The van der Waals surface area contributed by atoms with Gasteiger partial charge in [-0.3, -0.25) is 9.69 Å². The number of benzene rings is 3. The number of nitrogens with zero attached hydrogens (tertiary/aromatic N) is 1. The summed E-state index contributed by atoms with van der Waals surface area (Å²) in [6.07, 6.45) is 6.18. The molecule has 0 saturated carbocycles. The maximum atomic E-state index is 12.6. The molecule has 3 aromatic rings. The van der Waals surface area contributed by atoms with Crippen LogP contribution in [0.1, 0.15) is 76.5 Å². The highest BCUT2D eigenvalue weighted by molar-refractivity contribution is 5.92. The lowest BCUT2D eigenvalue weighted by atomic mass is 9.87. The number of carboxylic acids is 1. The SMILES string of the molecule is CCCCCCCNC(=O)N(C)c1cccc(-c2ccc(C[C@H](NCc3ccc(C(C)(C)C)cc3)C(=O)O)cc2)c1. The van der Waals surface area contributed by atoms with Crippen LogP contribution in [0, 0.1) is 0 Å². The van der Waals surface area contributed by atoms with E-state index in [1.807, 2.05) is 48.5 Å². The van der Waals surface area contributed by atoms with Crippen molar-refractivity contribution in [3.8, 4) is 11.1 Å². The van der Waals surface area contributed by atoms with Gasteiger partial charge in [0.15, 0.2) is 0 Å². The van der Waals surface area contributed by atoms with Crippen LogP contribution in [0.3, 0.4) is 0 Å². The molecule has 3 aromatic carbocycles. The van der Waals surface area contributed by atoms with Crippen molar-refractivity contribution in [2.75, 3.05) is 18.5 Å². The van der Waals surface area contributed by atoms with Gasteiger partial charge in [0.25, 0.3) is 0 Å². The summed E-state index contributed by atoms with van der Waals surface area (Å²) in [6, 6.07) is 23.4. The minimum absolute atomic E-state index is 0.0842. The molecule has 0 radical (unpaired) electrons. The quantitative estimate of drug-likeness (QED) is 0.179. The van der Waals surface area contributed by atoms with E-state index in [1.54, 1.807) is 11.9 Å². The zero-order chi connectivity index (χ0) is 29.8. The third-order valence-corrected chi connectivity index (χ3v) is 7.49. The molecule has 0 saturated heterocycles. The van der Waals surface area contributed by atoms with Gasteiger partial charge in [0.05, 0.1) is 0 Å². The second-order valence-corrected chi connectivity index (χ2v) is 11.9. The van der Waals surface area contributed by atoms with Gasteiger partial charge in [-0.1, -0.05) is 114 Å². The van der Waals surface area contributed by atoms with Gasteiger partial charge in [-0.25, -0.2) is 4.79 Å². The smallest absolute Gasteiger partial charge is 0.321 e. The van der Waals surface area contributed by atoms with Crippen molar-refractivity contribution in [1.82, 2.24) is 10.6 Å². The molecule has 6 heteroatoms. The zero-order valence-corrected chi connectivity index (χ0v) is 25.4. The Hall–Kier alpha value is -3.64. The van der Waals surface area contributed by atoms with Gasteiger partial charge in [-0.05, 0) is 58.2 Å². The summed E-state index contributed by atoms with van der Waals surface area (Å²) in [5, 5.41) is 16.0. The lowest BCUT2D eigenvalue weighted by Gasteiger charge is -2.20. The van der Waals surface area contributed by atoms with Crippen LogP contribution in [0.4, 0.5) is 10.5 Å². The minimum Gasteiger partial charge on any atom is -0.480 e. The summed E-state index contributed by atoms with van der Waals surface area (Å²) in [7, 11) is 1.78. The molecule has 0 spiro atoms. The molecule has 1 atom stereocenters. The average Bonchev–Trinajstić information content (AvgIpc) is 2.96. The Morgan fingerprint density at radius 2 is 1.51 bits per heavy atom. The fourth-order valence-electron chi connectivity index (χ4n) is 4.73. The van der Waals surface area contributed by atoms with Gasteiger partial charge >= 0.3 is 12.0 Å². The molecule has 0 unspecified atom stereocenters. The average molecular weight is 558 g/mol. The topological polar surface area (TPSA) is 81.7 Å². The van der Waals surface area contributed by atoms with Crippen LogP contribution in [-0.2, 0) is 23.2 Å². The van der Waals surface area contributed by atoms with E-state index in [0.717, 1.165) is 40.8 Å². The number of carbonyl (C=O) groups excluding carboxylic acids is 1. The van der Waals surface area contributed by atoms with Crippen molar-refractivity contribution in [3.63, 3.8) is 0 Å². The Bertz CT molecular complexity index is 1250. The number of rotatable bonds is 14. The number of nitrogens with one attached hydrogen (secondary N) is 2. The summed E-state index contributed by atoms with van der Waals surface area (Å²) < 4.78 is 0. The first-order valence-corrected chi connectivity index (χ1v) is 14.8. The predicted molar refractivity (Wildman–Crippen MR) is 170 cm³/mol. The molecule has 3 rings (SSSR count). The number of unbranched alkanes of at least 4 members (excludes halogenated alkanes) is 4. The van der Waals surface area contributed by atoms with Crippen LogP contribution in [0.15, 0.2) is 72.8 Å². The highest BCUT2D eigenvalue weighted by Crippen LogP contribution is 2.25. The maximum absolute atomic E-state index is 12.6. The number of hydrogen-bond acceptors (Lipinski definition) is 3. The van der Waals surface area contributed by atoms with Crippen LogP contribution in [0.5, 0.6) is 0 Å². The first kappa shape index (κ1) is 31.9. The van der Waals surface area contributed by atoms with Crippen LogP contribution in [0.25, 0.3) is 11.1 Å². The molecular formula is C35H47N3O3. The van der Waals surface area contributed by atoms with Crippen LogP contribution in [-0.4, -0.2) is 36.7 Å². The number of hydrogen-bond donors (Lipinski definition) is 3. The van der Waals surface area contributed by atoms with E-state index in [-0.39, 0.29) is 11.4 Å². The highest BCUT2D eigenvalue weighted by atomic mass is 16.4. The number of carboxylic acid groups (broad SMARTS) is 1. The van der Waals surface area contributed by atoms with E-state index in [9.17, 15) is 14.7 Å². The predicted octanol–water partition coefficient (Wildman–Crippen LogP) is 7.55. The zero-order valence-electron chi connectivity index (χ0n) is 25.4. The van der Waals surface area contributed by atoms with Gasteiger partial charge in [0, 0.05) is 25.8 Å². The van der Waals surface area contributed by atoms with Gasteiger partial charge in [-0.15, -0.1) is 0 Å². The Kier molecular flexibility index (Phi) is 12.0. The summed E-state index contributed by atoms with van der Waals surface area (Å²) in [4.78, 5) is 26.3. The van der Waals surface area contributed by atoms with E-state index < -0.39 is 12.0 Å². The molecule has 41 heavy (non-hydrogen) atoms. The first-order valence-electron chi connectivity index (χ1n) is 14.8. The molecule has 0 heterocycles. The van der Waals surface area contributed by atoms with Gasteiger partial charge < -0.3 is 15.7 Å². The second kappa shape index (κ2) is 15.4. The molecule has 2 amide bonds. The van der Waals surface area contributed by atoms with Gasteiger partial charge in [0.2, 0.25) is 0 Å². The Balaban J connectivity index is 1.57. The van der Waals surface area contributed by atoms with Crippen LogP contribution >= 0.6 is 0 Å². The van der Waals surface area contributed by atoms with Crippen molar-refractivity contribution in [2.45, 2.75) is 84.2 Å². The monoisotopic (exact) mass is 557 g/mol. The number of anilines is 1. The third-order valence-electron chi connectivity index (χ3n) is 7.49. The summed E-state index contributed by atoms with van der Waals surface area (Å²) in [5.41, 5.74) is 6.18. The summed E-state index contributed by atoms with van der Waals surface area (Å²) in [6.45, 7) is 9.91. The lowest BCUT2D eigenvalue weighted by molar-refractivity contribution is -0.139. The number of aliphatic carboxylic acids is 1. The van der Waals surface area contributed by atoms with Gasteiger partial charge in [0.1, 0.15) is 6.04 Å². The Morgan fingerprint density at radius 3 is 2.15 bits per heavy atom. The molecule has 0 aliphatic heterocycles. The first-order chi connectivity index (χ1) is 19.6. The number of carbonyl (C=O) groups is 2. The van der Waals surface area contributed by atoms with Gasteiger partial charge in [-0.2, -0.15) is 0 Å². The van der Waals surface area contributed by atoms with E-state index in [4.69, 9.17) is 0 Å². The Labute approximate surface area is 246 Å². The molecule has 220 valence electrons. The fraction of sp³-hybridized carbons (Fsp3) is 0.429. The van der Waals surface area contributed by atoms with E-state index in [1.165, 1.54) is 24.8 Å². The molecule has 0 bridgehead atoms. The van der Waals surface area contributed by atoms with E-state index in [0.29, 0.717) is 19.5 Å². The van der Waals surface area contributed by atoms with E-state index in [2.05, 4.69) is 62.6 Å². The van der Waals surface area contributed by atoms with Crippen molar-refractivity contribution in [2.24, 2.45) is 0 Å². The fourth-order valence-corrected chi connectivity index (χ4v) is 4.73. The number of amides is 2.